The molecular weight excluding hydrogens is 238 g/mol. The fourth-order valence-electron chi connectivity index (χ4n) is 2.39. The van der Waals surface area contributed by atoms with Crippen molar-refractivity contribution in [2.45, 2.75) is 33.9 Å². The lowest BCUT2D eigenvalue weighted by Gasteiger charge is -2.14. The third-order valence-electron chi connectivity index (χ3n) is 3.40. The number of benzene rings is 1. The first-order valence-corrected chi connectivity index (χ1v) is 6.49. The molecular formula is C16H19NO2. The zero-order valence-electron chi connectivity index (χ0n) is 11.6. The second-order valence-electron chi connectivity index (χ2n) is 4.77. The van der Waals surface area contributed by atoms with Crippen LogP contribution in [-0.4, -0.2) is 9.67 Å². The van der Waals surface area contributed by atoms with Crippen molar-refractivity contribution in [3.8, 4) is 11.3 Å². The van der Waals surface area contributed by atoms with Crippen molar-refractivity contribution < 1.29 is 5.11 Å². The summed E-state index contributed by atoms with van der Waals surface area (Å²) < 4.78 is 1.71. The Kier molecular flexibility index (Phi) is 3.86. The number of aliphatic hydroxyl groups excluding tert-OH is 1. The Bertz CT molecular complexity index is 656. The van der Waals surface area contributed by atoms with Crippen LogP contribution in [0.3, 0.4) is 0 Å². The van der Waals surface area contributed by atoms with Crippen LogP contribution in [0.1, 0.15) is 23.6 Å². The van der Waals surface area contributed by atoms with Gasteiger partial charge in [0.1, 0.15) is 0 Å². The van der Waals surface area contributed by atoms with E-state index in [-0.39, 0.29) is 12.2 Å². The van der Waals surface area contributed by atoms with Crippen molar-refractivity contribution in [1.82, 2.24) is 4.57 Å². The Morgan fingerprint density at radius 1 is 1.16 bits per heavy atom. The van der Waals surface area contributed by atoms with Crippen LogP contribution < -0.4 is 5.56 Å². The van der Waals surface area contributed by atoms with Crippen molar-refractivity contribution in [2.75, 3.05) is 0 Å². The summed E-state index contributed by atoms with van der Waals surface area (Å²) in [6.45, 7) is 6.42. The predicted octanol–water partition coefficient (Wildman–Crippen LogP) is 2.64. The number of aromatic nitrogens is 1. The molecule has 0 saturated heterocycles. The van der Waals surface area contributed by atoms with E-state index >= 15 is 0 Å². The molecule has 0 saturated carbocycles. The molecule has 0 aliphatic carbocycles. The molecule has 0 aliphatic rings. The maximum atomic E-state index is 12.2. The van der Waals surface area contributed by atoms with Gasteiger partial charge in [-0.25, -0.2) is 0 Å². The zero-order valence-corrected chi connectivity index (χ0v) is 11.6. The molecule has 2 aromatic rings. The molecule has 1 heterocycles. The first-order valence-electron chi connectivity index (χ1n) is 6.49. The summed E-state index contributed by atoms with van der Waals surface area (Å²) in [6, 6.07) is 9.83. The highest BCUT2D eigenvalue weighted by Crippen LogP contribution is 2.23. The normalized spacial score (nSPS) is 10.7. The monoisotopic (exact) mass is 257 g/mol. The van der Waals surface area contributed by atoms with E-state index in [0.29, 0.717) is 12.1 Å². The molecule has 19 heavy (non-hydrogen) atoms. The van der Waals surface area contributed by atoms with Gasteiger partial charge in [0.15, 0.2) is 0 Å². The van der Waals surface area contributed by atoms with Crippen molar-refractivity contribution in [1.29, 1.82) is 0 Å². The number of hydrogen-bond acceptors (Lipinski definition) is 2. The highest BCUT2D eigenvalue weighted by atomic mass is 16.3. The lowest BCUT2D eigenvalue weighted by molar-refractivity contribution is 0.279. The molecule has 0 aliphatic heterocycles. The van der Waals surface area contributed by atoms with E-state index in [1.807, 2.05) is 32.0 Å². The molecule has 0 amide bonds. The van der Waals surface area contributed by atoms with Gasteiger partial charge < -0.3 is 9.67 Å². The minimum absolute atomic E-state index is 0.109. The standard InChI is InChI=1S/C16H19NO2/c1-4-17-15(8-6-13(10-18)16(17)19)14-7-5-11(2)9-12(14)3/h5-9,18H,4,10H2,1-3H3. The Morgan fingerprint density at radius 3 is 2.47 bits per heavy atom. The average molecular weight is 257 g/mol. The molecule has 100 valence electrons. The number of aryl methyl sites for hydroxylation is 2. The summed E-state index contributed by atoms with van der Waals surface area (Å²) in [5, 5.41) is 9.18. The van der Waals surface area contributed by atoms with Gasteiger partial charge in [0, 0.05) is 17.7 Å². The van der Waals surface area contributed by atoms with Crippen molar-refractivity contribution >= 4 is 0 Å². The molecule has 0 fully saturated rings. The van der Waals surface area contributed by atoms with E-state index < -0.39 is 0 Å². The molecule has 0 spiro atoms. The van der Waals surface area contributed by atoms with Crippen molar-refractivity contribution in [2.24, 2.45) is 0 Å². The molecule has 1 aromatic heterocycles. The van der Waals surface area contributed by atoms with Crippen molar-refractivity contribution in [3.05, 3.63) is 57.4 Å². The molecule has 0 bridgehead atoms. The number of rotatable bonds is 3. The van der Waals surface area contributed by atoms with Crippen LogP contribution in [0, 0.1) is 13.8 Å². The van der Waals surface area contributed by atoms with E-state index in [9.17, 15) is 9.90 Å². The summed E-state index contributed by atoms with van der Waals surface area (Å²) >= 11 is 0. The quantitative estimate of drug-likeness (QED) is 0.918. The molecule has 1 N–H and O–H groups in total. The topological polar surface area (TPSA) is 42.2 Å². The van der Waals surface area contributed by atoms with Crippen LogP contribution in [0.25, 0.3) is 11.3 Å². The molecule has 0 unspecified atom stereocenters. The van der Waals surface area contributed by atoms with Crippen LogP contribution >= 0.6 is 0 Å². The minimum Gasteiger partial charge on any atom is -0.391 e. The van der Waals surface area contributed by atoms with E-state index in [2.05, 4.69) is 13.0 Å². The van der Waals surface area contributed by atoms with Crippen LogP contribution in [0.5, 0.6) is 0 Å². The number of nitrogens with zero attached hydrogens (tertiary/aromatic N) is 1. The largest absolute Gasteiger partial charge is 0.391 e. The maximum Gasteiger partial charge on any atom is 0.256 e. The van der Waals surface area contributed by atoms with Gasteiger partial charge in [0.2, 0.25) is 0 Å². The smallest absolute Gasteiger partial charge is 0.256 e. The Balaban J connectivity index is 2.69. The van der Waals surface area contributed by atoms with Crippen LogP contribution in [-0.2, 0) is 13.2 Å². The van der Waals surface area contributed by atoms with Gasteiger partial charge >= 0.3 is 0 Å². The van der Waals surface area contributed by atoms with Gasteiger partial charge in [0.05, 0.1) is 12.3 Å². The third-order valence-corrected chi connectivity index (χ3v) is 3.40. The Hall–Kier alpha value is -1.87. The second kappa shape index (κ2) is 5.41. The van der Waals surface area contributed by atoms with E-state index in [1.54, 1.807) is 10.6 Å². The summed E-state index contributed by atoms with van der Waals surface area (Å²) in [4.78, 5) is 12.2. The summed E-state index contributed by atoms with van der Waals surface area (Å²) in [5.41, 5.74) is 4.66. The van der Waals surface area contributed by atoms with E-state index in [0.717, 1.165) is 16.8 Å². The highest BCUT2D eigenvalue weighted by molar-refractivity contribution is 5.64. The van der Waals surface area contributed by atoms with E-state index in [1.165, 1.54) is 5.56 Å². The highest BCUT2D eigenvalue weighted by Gasteiger charge is 2.10. The van der Waals surface area contributed by atoms with Gasteiger partial charge in [-0.2, -0.15) is 0 Å². The fourth-order valence-corrected chi connectivity index (χ4v) is 2.39. The number of hydrogen-bond donors (Lipinski definition) is 1. The molecule has 3 nitrogen and oxygen atoms in total. The predicted molar refractivity (Wildman–Crippen MR) is 77.2 cm³/mol. The fraction of sp³-hybridized carbons (Fsp3) is 0.312. The Labute approximate surface area is 113 Å². The average Bonchev–Trinajstić information content (AvgIpc) is 2.38. The van der Waals surface area contributed by atoms with Gasteiger partial charge in [-0.05, 0) is 38.5 Å². The second-order valence-corrected chi connectivity index (χ2v) is 4.77. The summed E-state index contributed by atoms with van der Waals surface area (Å²) in [6.07, 6.45) is 0. The number of pyridine rings is 1. The molecule has 0 atom stereocenters. The van der Waals surface area contributed by atoms with Gasteiger partial charge in [0.25, 0.3) is 5.56 Å². The van der Waals surface area contributed by atoms with Gasteiger partial charge in [-0.3, -0.25) is 4.79 Å². The molecule has 0 radical (unpaired) electrons. The first kappa shape index (κ1) is 13.6. The molecule has 2 rings (SSSR count). The maximum absolute atomic E-state index is 12.2. The first-order chi connectivity index (χ1) is 9.08. The van der Waals surface area contributed by atoms with Crippen LogP contribution in [0.2, 0.25) is 0 Å². The van der Waals surface area contributed by atoms with Gasteiger partial charge in [-0.15, -0.1) is 0 Å². The van der Waals surface area contributed by atoms with E-state index in [4.69, 9.17) is 0 Å². The molecule has 3 heteroatoms. The van der Waals surface area contributed by atoms with Crippen molar-refractivity contribution in [3.63, 3.8) is 0 Å². The lowest BCUT2D eigenvalue weighted by atomic mass is 10.0. The zero-order chi connectivity index (χ0) is 14.0. The molecule has 1 aromatic carbocycles. The Morgan fingerprint density at radius 2 is 1.89 bits per heavy atom. The minimum atomic E-state index is -0.216. The van der Waals surface area contributed by atoms with Gasteiger partial charge in [-0.1, -0.05) is 23.8 Å². The lowest BCUT2D eigenvalue weighted by Crippen LogP contribution is -2.24. The van der Waals surface area contributed by atoms with Crippen LogP contribution in [0.4, 0.5) is 0 Å². The summed E-state index contributed by atoms with van der Waals surface area (Å²) in [7, 11) is 0. The SMILES string of the molecule is CCn1c(-c2ccc(C)cc2C)ccc(CO)c1=O. The third kappa shape index (κ3) is 2.47. The number of aliphatic hydroxyl groups is 1. The summed E-state index contributed by atoms with van der Waals surface area (Å²) in [5.74, 6) is 0. The van der Waals surface area contributed by atoms with Crippen LogP contribution in [0.15, 0.2) is 35.1 Å².